The number of rotatable bonds is 2. The second kappa shape index (κ2) is 25.4. The first-order valence-electron chi connectivity index (χ1n) is 5.88. The van der Waals surface area contributed by atoms with Gasteiger partial charge in [-0.1, -0.05) is 41.0 Å². The van der Waals surface area contributed by atoms with Gasteiger partial charge in [-0.05, 0) is 42.0 Å². The average Bonchev–Trinajstić information content (AvgIpc) is 2.18. The largest absolute Gasteiger partial charge is 0.325 e. The number of hydrogen-bond acceptors (Lipinski definition) is 3. The summed E-state index contributed by atoms with van der Waals surface area (Å²) in [7, 11) is 0. The van der Waals surface area contributed by atoms with E-state index in [0.29, 0.717) is 0 Å². The van der Waals surface area contributed by atoms with Crippen LogP contribution in [-0.2, 0) is 23.6 Å². The molecule has 0 aliphatic heterocycles. The van der Waals surface area contributed by atoms with Crippen LogP contribution >= 0.6 is 25.2 Å². The zero-order valence-electron chi connectivity index (χ0n) is 12.9. The summed E-state index contributed by atoms with van der Waals surface area (Å²) in [6.45, 7) is 2.83. The van der Waals surface area contributed by atoms with Crippen LogP contribution < -0.4 is 0 Å². The monoisotopic (exact) mass is 392 g/mol. The lowest BCUT2D eigenvalue weighted by Gasteiger charge is -1.88. The van der Waals surface area contributed by atoms with Gasteiger partial charge in [0.05, 0.1) is 0 Å². The maximum absolute atomic E-state index is 7.56. The minimum absolute atomic E-state index is 1.25. The second-order valence-electron chi connectivity index (χ2n) is 2.73. The van der Waals surface area contributed by atoms with Crippen LogP contribution in [-0.4, -0.2) is 41.4 Å². The number of hydrogen-bond donors (Lipinski definition) is 6. The molecule has 0 aromatic rings. The Hall–Kier alpha value is 1.41. The number of thioether (sulfide) groups is 1. The van der Waals surface area contributed by atoms with E-state index >= 15 is 0 Å². The van der Waals surface area contributed by atoms with Crippen molar-refractivity contribution in [1.29, 1.82) is 0 Å². The maximum atomic E-state index is 7.56. The molecule has 0 aliphatic carbocycles. The fourth-order valence-corrected chi connectivity index (χ4v) is 0.612. The summed E-state index contributed by atoms with van der Waals surface area (Å²) in [5.41, 5.74) is 0. The van der Waals surface area contributed by atoms with Crippen molar-refractivity contribution < 1.29 is 29.4 Å². The molecule has 0 aromatic carbocycles. The summed E-state index contributed by atoms with van der Waals surface area (Å²) in [5, 5.41) is 0. The first-order valence-corrected chi connectivity index (χ1v) is 12.6. The van der Waals surface area contributed by atoms with Gasteiger partial charge in [0.2, 0.25) is 0 Å². The molecular weight excluding hydrogens is 362 g/mol. The van der Waals surface area contributed by atoms with Crippen LogP contribution in [0.3, 0.4) is 0 Å². The molecule has 0 fully saturated rings. The van der Waals surface area contributed by atoms with Crippen LogP contribution in [0.1, 0.15) is 47.5 Å². The van der Waals surface area contributed by atoms with Crippen molar-refractivity contribution >= 4 is 48.8 Å². The molecule has 0 rings (SSSR count). The average molecular weight is 392 g/mol. The summed E-state index contributed by atoms with van der Waals surface area (Å²) in [6.07, 6.45) is 4.69. The highest BCUT2D eigenvalue weighted by molar-refractivity contribution is 8.06. The van der Waals surface area contributed by atoms with E-state index in [9.17, 15) is 0 Å². The van der Waals surface area contributed by atoms with E-state index in [-0.39, 0.29) is 0 Å². The molecule has 0 heterocycles. The SMILES string of the molecule is CC.CCC.CCCSC.OP(O)(O)=S.OP(O)(O)=S. The van der Waals surface area contributed by atoms with Crippen LogP contribution in [0, 0.1) is 0 Å². The molecule has 0 amide bonds. The third-order valence-corrected chi connectivity index (χ3v) is 1.22. The smallest absolute Gasteiger partial charge is 0.319 e. The minimum Gasteiger partial charge on any atom is -0.325 e. The van der Waals surface area contributed by atoms with E-state index in [4.69, 9.17) is 29.4 Å². The van der Waals surface area contributed by atoms with Gasteiger partial charge in [-0.2, -0.15) is 11.8 Å². The van der Waals surface area contributed by atoms with Gasteiger partial charge in [0.25, 0.3) is 0 Å². The van der Waals surface area contributed by atoms with Crippen molar-refractivity contribution in [3.63, 3.8) is 0 Å². The normalized spacial score (nSPS) is 9.20. The van der Waals surface area contributed by atoms with Crippen molar-refractivity contribution in [2.45, 2.75) is 47.5 Å². The lowest BCUT2D eigenvalue weighted by Crippen LogP contribution is -1.65. The first-order chi connectivity index (χ1) is 8.83. The van der Waals surface area contributed by atoms with Crippen molar-refractivity contribution in [3.8, 4) is 0 Å². The zero-order chi connectivity index (χ0) is 17.8. The highest BCUT2D eigenvalue weighted by atomic mass is 32.5. The second-order valence-corrected chi connectivity index (χ2v) is 8.70. The summed E-state index contributed by atoms with van der Waals surface area (Å²) < 4.78 is 0. The van der Waals surface area contributed by atoms with Gasteiger partial charge < -0.3 is 29.4 Å². The van der Waals surface area contributed by atoms with Crippen LogP contribution in [0.5, 0.6) is 0 Å². The van der Waals surface area contributed by atoms with Crippen LogP contribution in [0.15, 0.2) is 0 Å². The van der Waals surface area contributed by atoms with Crippen molar-refractivity contribution in [3.05, 3.63) is 0 Å². The van der Waals surface area contributed by atoms with Gasteiger partial charge in [-0.3, -0.25) is 0 Å². The molecule has 0 bridgehead atoms. The van der Waals surface area contributed by atoms with Gasteiger partial charge in [0, 0.05) is 0 Å². The van der Waals surface area contributed by atoms with Gasteiger partial charge in [0.1, 0.15) is 0 Å². The van der Waals surface area contributed by atoms with Crippen LogP contribution in [0.2, 0.25) is 0 Å². The Morgan fingerprint density at radius 2 is 0.950 bits per heavy atom. The summed E-state index contributed by atoms with van der Waals surface area (Å²) in [4.78, 5) is 45.3. The first kappa shape index (κ1) is 33.1. The fourth-order valence-electron chi connectivity index (χ4n) is 0.204. The molecule has 20 heavy (non-hydrogen) atoms. The van der Waals surface area contributed by atoms with E-state index in [1.54, 1.807) is 0 Å². The summed E-state index contributed by atoms with van der Waals surface area (Å²) in [5.74, 6) is 1.31. The highest BCUT2D eigenvalue weighted by Gasteiger charge is 1.92. The Labute approximate surface area is 137 Å². The third kappa shape index (κ3) is 566. The lowest BCUT2D eigenvalue weighted by atomic mass is 10.6. The Morgan fingerprint density at radius 1 is 0.800 bits per heavy atom. The van der Waals surface area contributed by atoms with Crippen LogP contribution in [0.25, 0.3) is 0 Å². The molecule has 0 saturated carbocycles. The van der Waals surface area contributed by atoms with Gasteiger partial charge in [-0.15, -0.1) is 0 Å². The summed E-state index contributed by atoms with van der Waals surface area (Å²) >= 11 is 9.11. The van der Waals surface area contributed by atoms with Crippen molar-refractivity contribution in [2.75, 3.05) is 12.0 Å². The molecule has 0 atom stereocenters. The van der Waals surface area contributed by atoms with E-state index in [0.717, 1.165) is 0 Å². The van der Waals surface area contributed by atoms with E-state index in [1.807, 2.05) is 25.6 Å². The molecule has 11 heteroatoms. The molecule has 0 aliphatic rings. The molecular formula is C9H30O6P2S3. The molecule has 0 unspecified atom stereocenters. The van der Waals surface area contributed by atoms with Crippen LogP contribution in [0.4, 0.5) is 0 Å². The zero-order valence-corrected chi connectivity index (χ0v) is 17.2. The van der Waals surface area contributed by atoms with E-state index in [1.165, 1.54) is 18.6 Å². The van der Waals surface area contributed by atoms with Gasteiger partial charge in [-0.25, -0.2) is 0 Å². The van der Waals surface area contributed by atoms with Gasteiger partial charge >= 0.3 is 13.4 Å². The third-order valence-electron chi connectivity index (χ3n) is 0.408. The molecule has 0 saturated heterocycles. The van der Waals surface area contributed by atoms with Gasteiger partial charge in [0.15, 0.2) is 0 Å². The Kier molecular flexibility index (Phi) is 42.0. The molecule has 0 spiro atoms. The molecule has 6 N–H and O–H groups in total. The standard InChI is InChI=1S/C4H10S.C3H8.C2H6.2H3O3PS/c1-3-4-5-2;1-3-2;1-2;2*1-4(2,3)5/h3-4H2,1-2H3;3H2,1-2H3;1-2H3;2*(H3,1,2,3,5). The topological polar surface area (TPSA) is 121 Å². The molecule has 0 aromatic heterocycles. The maximum Gasteiger partial charge on any atom is 0.319 e. The highest BCUT2D eigenvalue weighted by Crippen LogP contribution is 2.26. The summed E-state index contributed by atoms with van der Waals surface area (Å²) in [6, 6.07) is 0. The Bertz CT molecular complexity index is 193. The molecule has 130 valence electrons. The Morgan fingerprint density at radius 3 is 0.950 bits per heavy atom. The fraction of sp³-hybridized carbons (Fsp3) is 1.00. The Balaban J connectivity index is -0.0000000487. The predicted octanol–water partition coefficient (Wildman–Crippen LogP) is 2.58. The minimum atomic E-state index is -3.81. The molecule has 6 nitrogen and oxygen atoms in total. The lowest BCUT2D eigenvalue weighted by molar-refractivity contribution is 0.361. The van der Waals surface area contributed by atoms with E-state index in [2.05, 4.69) is 50.6 Å². The van der Waals surface area contributed by atoms with E-state index < -0.39 is 13.4 Å². The quantitative estimate of drug-likeness (QED) is 0.394. The predicted molar refractivity (Wildman–Crippen MR) is 97.9 cm³/mol. The van der Waals surface area contributed by atoms with Crippen molar-refractivity contribution in [1.82, 2.24) is 0 Å². The molecule has 0 radical (unpaired) electrons. The van der Waals surface area contributed by atoms with Crippen molar-refractivity contribution in [2.24, 2.45) is 0 Å².